The van der Waals surface area contributed by atoms with E-state index in [9.17, 15) is 0 Å². The summed E-state index contributed by atoms with van der Waals surface area (Å²) in [6.07, 6.45) is 1.23. The van der Waals surface area contributed by atoms with E-state index in [1.165, 1.54) is 12.0 Å². The summed E-state index contributed by atoms with van der Waals surface area (Å²) in [4.78, 5) is 0. The highest BCUT2D eigenvalue weighted by molar-refractivity contribution is 5.10. The number of rotatable bonds is 3. The van der Waals surface area contributed by atoms with Gasteiger partial charge in [0.25, 0.3) is 0 Å². The van der Waals surface area contributed by atoms with Crippen molar-refractivity contribution < 1.29 is 0 Å². The van der Waals surface area contributed by atoms with Crippen LogP contribution in [0.1, 0.15) is 54.9 Å². The second-order valence-corrected chi connectivity index (χ2v) is 5.96. The minimum atomic E-state index is 0.265. The van der Waals surface area contributed by atoms with Gasteiger partial charge in [-0.15, -0.1) is 0 Å². The van der Waals surface area contributed by atoms with E-state index in [2.05, 4.69) is 55.0 Å². The van der Waals surface area contributed by atoms with Crippen LogP contribution in [-0.4, -0.2) is 0 Å². The standard InChI is InChI=1S/C13H26/c1-10(2)9-13(8,11(3)4)12(5,6)7/h10H,3,9H2,1-2,4-8H3. The van der Waals surface area contributed by atoms with Gasteiger partial charge in [-0.1, -0.05) is 53.7 Å². The highest BCUT2D eigenvalue weighted by atomic mass is 14.4. The first-order valence-corrected chi connectivity index (χ1v) is 5.27. The van der Waals surface area contributed by atoms with Gasteiger partial charge >= 0.3 is 0 Å². The molecule has 0 bridgehead atoms. The van der Waals surface area contributed by atoms with Crippen LogP contribution in [0.5, 0.6) is 0 Å². The Kier molecular flexibility index (Phi) is 3.78. The van der Waals surface area contributed by atoms with Crippen LogP contribution in [0, 0.1) is 16.7 Å². The first-order chi connectivity index (χ1) is 5.61. The molecule has 0 saturated heterocycles. The van der Waals surface area contributed by atoms with Crippen LogP contribution < -0.4 is 0 Å². The summed E-state index contributed by atoms with van der Waals surface area (Å²) in [6, 6.07) is 0. The highest BCUT2D eigenvalue weighted by Gasteiger charge is 2.38. The molecule has 0 aliphatic carbocycles. The zero-order chi connectivity index (χ0) is 10.9. The molecule has 0 fully saturated rings. The molecule has 13 heavy (non-hydrogen) atoms. The number of hydrogen-bond donors (Lipinski definition) is 0. The molecule has 1 unspecified atom stereocenters. The number of allylic oxidation sites excluding steroid dienone is 1. The fraction of sp³-hybridized carbons (Fsp3) is 0.846. The maximum Gasteiger partial charge on any atom is -0.00709 e. The van der Waals surface area contributed by atoms with Crippen LogP contribution >= 0.6 is 0 Å². The summed E-state index contributed by atoms with van der Waals surface area (Å²) in [6.45, 7) is 20.1. The van der Waals surface area contributed by atoms with Crippen molar-refractivity contribution in [3.8, 4) is 0 Å². The molecule has 0 aromatic rings. The minimum absolute atomic E-state index is 0.265. The molecule has 0 radical (unpaired) electrons. The molecule has 0 aliphatic heterocycles. The largest absolute Gasteiger partial charge is 0.0996 e. The summed E-state index contributed by atoms with van der Waals surface area (Å²) in [5, 5.41) is 0. The molecular formula is C13H26. The Labute approximate surface area is 84.4 Å². The summed E-state index contributed by atoms with van der Waals surface area (Å²) in [7, 11) is 0. The lowest BCUT2D eigenvalue weighted by molar-refractivity contribution is 0.123. The first kappa shape index (κ1) is 12.7. The maximum absolute atomic E-state index is 4.15. The van der Waals surface area contributed by atoms with Gasteiger partial charge in [0, 0.05) is 0 Å². The van der Waals surface area contributed by atoms with Gasteiger partial charge in [-0.05, 0) is 30.1 Å². The molecule has 0 rings (SSSR count). The highest BCUT2D eigenvalue weighted by Crippen LogP contribution is 2.47. The van der Waals surface area contributed by atoms with Crippen LogP contribution in [-0.2, 0) is 0 Å². The summed E-state index contributed by atoms with van der Waals surface area (Å²) >= 11 is 0. The predicted octanol–water partition coefficient (Wildman–Crippen LogP) is 4.66. The van der Waals surface area contributed by atoms with E-state index in [0.29, 0.717) is 5.41 Å². The Balaban J connectivity index is 4.85. The van der Waals surface area contributed by atoms with Crippen molar-refractivity contribution in [1.82, 2.24) is 0 Å². The van der Waals surface area contributed by atoms with E-state index in [1.54, 1.807) is 0 Å². The van der Waals surface area contributed by atoms with Crippen LogP contribution in [0.25, 0.3) is 0 Å². The fourth-order valence-corrected chi connectivity index (χ4v) is 1.94. The molecule has 0 N–H and O–H groups in total. The van der Waals surface area contributed by atoms with Crippen molar-refractivity contribution in [1.29, 1.82) is 0 Å². The van der Waals surface area contributed by atoms with Crippen molar-refractivity contribution in [3.05, 3.63) is 12.2 Å². The van der Waals surface area contributed by atoms with Crippen LogP contribution in [0.2, 0.25) is 0 Å². The van der Waals surface area contributed by atoms with Crippen LogP contribution in [0.3, 0.4) is 0 Å². The van der Waals surface area contributed by atoms with E-state index in [-0.39, 0.29) is 5.41 Å². The van der Waals surface area contributed by atoms with Crippen molar-refractivity contribution in [2.24, 2.45) is 16.7 Å². The van der Waals surface area contributed by atoms with Gasteiger partial charge in [0.05, 0.1) is 0 Å². The molecule has 1 atom stereocenters. The Hall–Kier alpha value is -0.260. The molecule has 0 nitrogen and oxygen atoms in total. The molecule has 0 aromatic heterocycles. The third-order valence-electron chi connectivity index (χ3n) is 3.41. The predicted molar refractivity (Wildman–Crippen MR) is 61.8 cm³/mol. The molecule has 0 heterocycles. The molecule has 0 spiro atoms. The second-order valence-electron chi connectivity index (χ2n) is 5.96. The Morgan fingerprint density at radius 3 is 1.62 bits per heavy atom. The first-order valence-electron chi connectivity index (χ1n) is 5.27. The summed E-state index contributed by atoms with van der Waals surface area (Å²) in [5.74, 6) is 0.737. The Bertz CT molecular complexity index is 181. The normalized spacial score (nSPS) is 17.2. The summed E-state index contributed by atoms with van der Waals surface area (Å²) < 4.78 is 0. The Morgan fingerprint density at radius 2 is 1.54 bits per heavy atom. The van der Waals surface area contributed by atoms with Crippen LogP contribution in [0.15, 0.2) is 12.2 Å². The molecule has 78 valence electrons. The van der Waals surface area contributed by atoms with Gasteiger partial charge in [-0.2, -0.15) is 0 Å². The maximum atomic E-state index is 4.15. The molecular weight excluding hydrogens is 156 g/mol. The van der Waals surface area contributed by atoms with E-state index in [4.69, 9.17) is 0 Å². The molecule has 0 aliphatic rings. The van der Waals surface area contributed by atoms with Crippen molar-refractivity contribution in [3.63, 3.8) is 0 Å². The fourth-order valence-electron chi connectivity index (χ4n) is 1.94. The summed E-state index contributed by atoms with van der Waals surface area (Å²) in [5.41, 5.74) is 1.89. The van der Waals surface area contributed by atoms with Crippen molar-refractivity contribution >= 4 is 0 Å². The second kappa shape index (κ2) is 3.86. The average Bonchev–Trinajstić information content (AvgIpc) is 1.82. The van der Waals surface area contributed by atoms with Gasteiger partial charge in [0.2, 0.25) is 0 Å². The lowest BCUT2D eigenvalue weighted by atomic mass is 9.61. The minimum Gasteiger partial charge on any atom is -0.0996 e. The van der Waals surface area contributed by atoms with Gasteiger partial charge in [0.15, 0.2) is 0 Å². The van der Waals surface area contributed by atoms with Crippen molar-refractivity contribution in [2.75, 3.05) is 0 Å². The smallest absolute Gasteiger partial charge is 0.00709 e. The lowest BCUT2D eigenvalue weighted by Crippen LogP contribution is -2.34. The van der Waals surface area contributed by atoms with Gasteiger partial charge < -0.3 is 0 Å². The van der Waals surface area contributed by atoms with Gasteiger partial charge in [-0.3, -0.25) is 0 Å². The van der Waals surface area contributed by atoms with E-state index in [0.717, 1.165) is 5.92 Å². The zero-order valence-electron chi connectivity index (χ0n) is 10.5. The lowest BCUT2D eigenvalue weighted by Gasteiger charge is -2.44. The SMILES string of the molecule is C=C(C)C(C)(CC(C)C)C(C)(C)C. The third kappa shape index (κ3) is 2.86. The zero-order valence-corrected chi connectivity index (χ0v) is 10.5. The molecule has 0 amide bonds. The van der Waals surface area contributed by atoms with E-state index < -0.39 is 0 Å². The topological polar surface area (TPSA) is 0 Å². The van der Waals surface area contributed by atoms with Gasteiger partial charge in [0.1, 0.15) is 0 Å². The Morgan fingerprint density at radius 1 is 1.15 bits per heavy atom. The average molecular weight is 182 g/mol. The van der Waals surface area contributed by atoms with Crippen molar-refractivity contribution in [2.45, 2.75) is 54.9 Å². The molecule has 0 aromatic carbocycles. The number of hydrogen-bond acceptors (Lipinski definition) is 0. The third-order valence-corrected chi connectivity index (χ3v) is 3.41. The van der Waals surface area contributed by atoms with Crippen LogP contribution in [0.4, 0.5) is 0 Å². The molecule has 0 saturated carbocycles. The quantitative estimate of drug-likeness (QED) is 0.557. The van der Waals surface area contributed by atoms with Gasteiger partial charge in [-0.25, -0.2) is 0 Å². The van der Waals surface area contributed by atoms with E-state index >= 15 is 0 Å². The monoisotopic (exact) mass is 182 g/mol. The molecule has 0 heteroatoms. The van der Waals surface area contributed by atoms with E-state index in [1.807, 2.05) is 0 Å².